The normalized spacial score (nSPS) is 18.7. The van der Waals surface area contributed by atoms with Crippen molar-refractivity contribution in [2.24, 2.45) is 0 Å². The zero-order chi connectivity index (χ0) is 12.7. The number of hydrogen-bond donors (Lipinski definition) is 1. The molecule has 1 rings (SSSR count). The van der Waals surface area contributed by atoms with Crippen molar-refractivity contribution in [3.8, 4) is 0 Å². The molecule has 1 fully saturated rings. The molecule has 0 aromatic rings. The van der Waals surface area contributed by atoms with Gasteiger partial charge in [-0.25, -0.2) is 0 Å². The van der Waals surface area contributed by atoms with E-state index in [4.69, 9.17) is 0 Å². The molecule has 1 N–H and O–H groups in total. The monoisotopic (exact) mass is 241 g/mol. The van der Waals surface area contributed by atoms with Crippen LogP contribution in [0.2, 0.25) is 0 Å². The first-order valence-electron chi connectivity index (χ1n) is 7.17. The summed E-state index contributed by atoms with van der Waals surface area (Å²) in [6.07, 6.45) is 6.72. The van der Waals surface area contributed by atoms with E-state index in [9.17, 15) is 0 Å². The molecule has 0 heterocycles. The van der Waals surface area contributed by atoms with Gasteiger partial charge < -0.3 is 15.1 Å². The fraction of sp³-hybridized carbons (Fsp3) is 1.00. The van der Waals surface area contributed by atoms with E-state index in [0.29, 0.717) is 5.54 Å². The molecule has 1 saturated carbocycles. The molecule has 3 heteroatoms. The molecule has 1 aliphatic carbocycles. The van der Waals surface area contributed by atoms with Gasteiger partial charge in [0.05, 0.1) is 0 Å². The van der Waals surface area contributed by atoms with Crippen LogP contribution in [0.5, 0.6) is 0 Å². The molecular formula is C14H31N3. The van der Waals surface area contributed by atoms with Gasteiger partial charge in [-0.15, -0.1) is 0 Å². The lowest BCUT2D eigenvalue weighted by atomic mass is 9.75. The van der Waals surface area contributed by atoms with Gasteiger partial charge in [-0.05, 0) is 53.4 Å². The summed E-state index contributed by atoms with van der Waals surface area (Å²) in [5.41, 5.74) is 0.470. The molecule has 102 valence electrons. The van der Waals surface area contributed by atoms with Crippen molar-refractivity contribution < 1.29 is 0 Å². The second kappa shape index (κ2) is 7.34. The Balaban J connectivity index is 2.13. The Morgan fingerprint density at radius 2 is 1.82 bits per heavy atom. The van der Waals surface area contributed by atoms with E-state index in [-0.39, 0.29) is 0 Å². The van der Waals surface area contributed by atoms with Gasteiger partial charge in [0, 0.05) is 25.2 Å². The molecule has 17 heavy (non-hydrogen) atoms. The maximum Gasteiger partial charge on any atom is 0.0330 e. The van der Waals surface area contributed by atoms with E-state index in [2.05, 4.69) is 43.2 Å². The Bertz CT molecular complexity index is 200. The van der Waals surface area contributed by atoms with E-state index < -0.39 is 0 Å². The first-order valence-corrected chi connectivity index (χ1v) is 7.17. The minimum absolute atomic E-state index is 0.470. The van der Waals surface area contributed by atoms with E-state index >= 15 is 0 Å². The third-order valence-electron chi connectivity index (χ3n) is 4.17. The summed E-state index contributed by atoms with van der Waals surface area (Å²) in [4.78, 5) is 4.91. The van der Waals surface area contributed by atoms with Crippen LogP contribution in [-0.4, -0.2) is 62.7 Å². The van der Waals surface area contributed by atoms with Gasteiger partial charge in [0.25, 0.3) is 0 Å². The maximum atomic E-state index is 3.51. The fourth-order valence-electron chi connectivity index (χ4n) is 2.61. The highest BCUT2D eigenvalue weighted by Crippen LogP contribution is 2.36. The number of nitrogens with one attached hydrogen (secondary N) is 1. The average Bonchev–Trinajstić information content (AvgIpc) is 2.22. The van der Waals surface area contributed by atoms with Crippen LogP contribution in [0, 0.1) is 0 Å². The predicted molar refractivity (Wildman–Crippen MR) is 75.5 cm³/mol. The molecule has 3 nitrogen and oxygen atoms in total. The largest absolute Gasteiger partial charge is 0.315 e. The lowest BCUT2D eigenvalue weighted by Crippen LogP contribution is -2.57. The van der Waals surface area contributed by atoms with Gasteiger partial charge in [0.2, 0.25) is 0 Å². The molecule has 0 unspecified atom stereocenters. The van der Waals surface area contributed by atoms with Crippen molar-refractivity contribution in [1.82, 2.24) is 15.1 Å². The number of rotatable bonds is 9. The minimum Gasteiger partial charge on any atom is -0.315 e. The molecule has 0 aromatic heterocycles. The smallest absolute Gasteiger partial charge is 0.0330 e. The van der Waals surface area contributed by atoms with E-state index in [1.54, 1.807) is 0 Å². The SMILES string of the molecule is CCCCNCCN(C)CC1(N(C)C)CCC1. The van der Waals surface area contributed by atoms with Gasteiger partial charge in [-0.3, -0.25) is 0 Å². The highest BCUT2D eigenvalue weighted by atomic mass is 15.2. The van der Waals surface area contributed by atoms with Crippen molar-refractivity contribution in [2.75, 3.05) is 47.3 Å². The molecule has 1 aliphatic rings. The highest BCUT2D eigenvalue weighted by Gasteiger charge is 2.39. The summed E-state index contributed by atoms with van der Waals surface area (Å²) in [5, 5.41) is 3.51. The van der Waals surface area contributed by atoms with E-state index in [1.165, 1.54) is 51.7 Å². The molecule has 0 aromatic carbocycles. The number of hydrogen-bond acceptors (Lipinski definition) is 3. The fourth-order valence-corrected chi connectivity index (χ4v) is 2.61. The Labute approximate surface area is 108 Å². The van der Waals surface area contributed by atoms with Gasteiger partial charge in [-0.1, -0.05) is 13.3 Å². The standard InChI is InChI=1S/C14H31N3/c1-5-6-10-15-11-12-17(4)13-14(16(2)3)8-7-9-14/h15H,5-13H2,1-4H3. The Morgan fingerprint density at radius 3 is 2.29 bits per heavy atom. The van der Waals surface area contributed by atoms with Crippen LogP contribution < -0.4 is 5.32 Å². The van der Waals surface area contributed by atoms with Gasteiger partial charge in [0.15, 0.2) is 0 Å². The zero-order valence-corrected chi connectivity index (χ0v) is 12.3. The summed E-state index contributed by atoms with van der Waals surface area (Å²) >= 11 is 0. The van der Waals surface area contributed by atoms with Crippen LogP contribution in [0.15, 0.2) is 0 Å². The molecule has 0 amide bonds. The van der Waals surface area contributed by atoms with Crippen LogP contribution in [0.1, 0.15) is 39.0 Å². The Morgan fingerprint density at radius 1 is 1.12 bits per heavy atom. The molecule has 0 atom stereocenters. The van der Waals surface area contributed by atoms with Crippen LogP contribution in [0.25, 0.3) is 0 Å². The van der Waals surface area contributed by atoms with Crippen LogP contribution in [0.4, 0.5) is 0 Å². The van der Waals surface area contributed by atoms with Crippen molar-refractivity contribution in [1.29, 1.82) is 0 Å². The van der Waals surface area contributed by atoms with Gasteiger partial charge in [-0.2, -0.15) is 0 Å². The summed E-state index contributed by atoms with van der Waals surface area (Å²) in [6, 6.07) is 0. The topological polar surface area (TPSA) is 18.5 Å². The van der Waals surface area contributed by atoms with E-state index in [0.717, 1.165) is 6.54 Å². The van der Waals surface area contributed by atoms with Crippen molar-refractivity contribution in [2.45, 2.75) is 44.6 Å². The quantitative estimate of drug-likeness (QED) is 0.621. The lowest BCUT2D eigenvalue weighted by molar-refractivity contribution is 0.0282. The molecular weight excluding hydrogens is 210 g/mol. The third kappa shape index (κ3) is 4.57. The highest BCUT2D eigenvalue weighted by molar-refractivity contribution is 4.97. The molecule has 0 spiro atoms. The summed E-state index contributed by atoms with van der Waals surface area (Å²) in [7, 11) is 6.71. The van der Waals surface area contributed by atoms with Crippen LogP contribution in [0.3, 0.4) is 0 Å². The average molecular weight is 241 g/mol. The summed E-state index contributed by atoms with van der Waals surface area (Å²) in [6.45, 7) is 6.92. The third-order valence-corrected chi connectivity index (χ3v) is 4.17. The van der Waals surface area contributed by atoms with Crippen LogP contribution in [-0.2, 0) is 0 Å². The van der Waals surface area contributed by atoms with Crippen molar-refractivity contribution >= 4 is 0 Å². The molecule has 0 saturated heterocycles. The molecule has 0 radical (unpaired) electrons. The zero-order valence-electron chi connectivity index (χ0n) is 12.3. The Hall–Kier alpha value is -0.120. The number of unbranched alkanes of at least 4 members (excludes halogenated alkanes) is 1. The van der Waals surface area contributed by atoms with Crippen molar-refractivity contribution in [3.05, 3.63) is 0 Å². The minimum atomic E-state index is 0.470. The van der Waals surface area contributed by atoms with E-state index in [1.807, 2.05) is 0 Å². The molecule has 0 bridgehead atoms. The van der Waals surface area contributed by atoms with Crippen molar-refractivity contribution in [3.63, 3.8) is 0 Å². The molecule has 0 aliphatic heterocycles. The lowest BCUT2D eigenvalue weighted by Gasteiger charge is -2.49. The predicted octanol–water partition coefficient (Wildman–Crippen LogP) is 1.79. The van der Waals surface area contributed by atoms with Gasteiger partial charge >= 0.3 is 0 Å². The first-order chi connectivity index (χ1) is 8.10. The van der Waals surface area contributed by atoms with Gasteiger partial charge in [0.1, 0.15) is 0 Å². The van der Waals surface area contributed by atoms with Crippen LogP contribution >= 0.6 is 0 Å². The number of likely N-dealkylation sites (N-methyl/N-ethyl adjacent to an activating group) is 2. The Kier molecular flexibility index (Phi) is 6.45. The first kappa shape index (κ1) is 14.9. The second-order valence-electron chi connectivity index (χ2n) is 5.81. The maximum absolute atomic E-state index is 3.51. The summed E-state index contributed by atoms with van der Waals surface area (Å²) < 4.78 is 0. The summed E-state index contributed by atoms with van der Waals surface area (Å²) in [5.74, 6) is 0. The number of nitrogens with zero attached hydrogens (tertiary/aromatic N) is 2. The second-order valence-corrected chi connectivity index (χ2v) is 5.81.